The second-order valence-corrected chi connectivity index (χ2v) is 6.67. The highest BCUT2D eigenvalue weighted by atomic mass is 16.5. The Morgan fingerprint density at radius 1 is 1.19 bits per heavy atom. The van der Waals surface area contributed by atoms with E-state index in [1.807, 2.05) is 6.07 Å². The van der Waals surface area contributed by atoms with Gasteiger partial charge in [0.1, 0.15) is 11.5 Å². The van der Waals surface area contributed by atoms with E-state index in [-0.39, 0.29) is 0 Å². The molecule has 0 amide bonds. The second kappa shape index (κ2) is 6.69. The van der Waals surface area contributed by atoms with Crippen molar-refractivity contribution < 1.29 is 9.47 Å². The van der Waals surface area contributed by atoms with Crippen molar-refractivity contribution in [2.75, 3.05) is 20.8 Å². The summed E-state index contributed by atoms with van der Waals surface area (Å²) in [5.74, 6) is 2.38. The van der Waals surface area contributed by atoms with Crippen molar-refractivity contribution in [1.82, 2.24) is 5.32 Å². The van der Waals surface area contributed by atoms with Gasteiger partial charge in [0.25, 0.3) is 0 Å². The van der Waals surface area contributed by atoms with Crippen molar-refractivity contribution >= 4 is 0 Å². The summed E-state index contributed by atoms with van der Waals surface area (Å²) in [6, 6.07) is 6.58. The van der Waals surface area contributed by atoms with E-state index in [2.05, 4.69) is 38.2 Å². The van der Waals surface area contributed by atoms with Crippen LogP contribution in [0.15, 0.2) is 18.2 Å². The lowest BCUT2D eigenvalue weighted by Crippen LogP contribution is -2.34. The molecule has 1 aromatic carbocycles. The molecule has 2 unspecified atom stereocenters. The molecule has 1 saturated carbocycles. The van der Waals surface area contributed by atoms with Crippen LogP contribution in [0.5, 0.6) is 11.5 Å². The third-order valence-electron chi connectivity index (χ3n) is 4.90. The van der Waals surface area contributed by atoms with E-state index in [1.165, 1.54) is 24.8 Å². The maximum atomic E-state index is 5.43. The Morgan fingerprint density at radius 2 is 1.81 bits per heavy atom. The first kappa shape index (κ1) is 16.2. The monoisotopic (exact) mass is 291 g/mol. The molecular weight excluding hydrogens is 262 g/mol. The van der Waals surface area contributed by atoms with Crippen LogP contribution in [0.1, 0.15) is 51.6 Å². The Labute approximate surface area is 129 Å². The van der Waals surface area contributed by atoms with Gasteiger partial charge in [-0.2, -0.15) is 0 Å². The Hall–Kier alpha value is -1.22. The quantitative estimate of drug-likeness (QED) is 0.853. The largest absolute Gasteiger partial charge is 0.497 e. The minimum atomic E-state index is 0.358. The highest BCUT2D eigenvalue weighted by Gasteiger charge is 2.40. The molecule has 0 radical (unpaired) electrons. The smallest absolute Gasteiger partial charge is 0.122 e. The van der Waals surface area contributed by atoms with Gasteiger partial charge in [-0.1, -0.05) is 27.2 Å². The Balaban J connectivity index is 2.37. The van der Waals surface area contributed by atoms with Gasteiger partial charge in [-0.05, 0) is 48.4 Å². The summed E-state index contributed by atoms with van der Waals surface area (Å²) in [5, 5.41) is 3.69. The minimum Gasteiger partial charge on any atom is -0.497 e. The summed E-state index contributed by atoms with van der Waals surface area (Å²) in [5.41, 5.74) is 1.65. The van der Waals surface area contributed by atoms with Crippen molar-refractivity contribution in [3.63, 3.8) is 0 Å². The molecule has 21 heavy (non-hydrogen) atoms. The summed E-state index contributed by atoms with van der Waals surface area (Å²) in [6.07, 6.45) is 3.91. The first-order valence-electron chi connectivity index (χ1n) is 7.98. The van der Waals surface area contributed by atoms with Gasteiger partial charge in [0.2, 0.25) is 0 Å². The number of ether oxygens (including phenoxy) is 2. The molecule has 3 nitrogen and oxygen atoms in total. The van der Waals surface area contributed by atoms with E-state index in [9.17, 15) is 0 Å². The van der Waals surface area contributed by atoms with Crippen molar-refractivity contribution in [2.45, 2.75) is 46.1 Å². The van der Waals surface area contributed by atoms with E-state index in [4.69, 9.17) is 9.47 Å². The van der Waals surface area contributed by atoms with Crippen LogP contribution in [0, 0.1) is 11.3 Å². The highest BCUT2D eigenvalue weighted by molar-refractivity contribution is 5.40. The lowest BCUT2D eigenvalue weighted by molar-refractivity contribution is 0.198. The van der Waals surface area contributed by atoms with Crippen LogP contribution in [0.3, 0.4) is 0 Å². The molecule has 0 aromatic heterocycles. The van der Waals surface area contributed by atoms with Crippen LogP contribution in [0.2, 0.25) is 0 Å². The maximum Gasteiger partial charge on any atom is 0.122 e. The lowest BCUT2D eigenvalue weighted by atomic mass is 9.75. The van der Waals surface area contributed by atoms with Gasteiger partial charge in [0, 0.05) is 12.1 Å². The van der Waals surface area contributed by atoms with Crippen LogP contribution >= 0.6 is 0 Å². The summed E-state index contributed by atoms with van der Waals surface area (Å²) in [6.45, 7) is 7.93. The predicted molar refractivity (Wildman–Crippen MR) is 87.1 cm³/mol. The molecule has 0 spiro atoms. The summed E-state index contributed by atoms with van der Waals surface area (Å²) in [7, 11) is 3.42. The number of nitrogens with one attached hydrogen (secondary N) is 1. The number of hydrogen-bond donors (Lipinski definition) is 1. The molecule has 3 heteroatoms. The molecule has 1 aliphatic carbocycles. The fraction of sp³-hybridized carbons (Fsp3) is 0.667. The van der Waals surface area contributed by atoms with E-state index in [0.717, 1.165) is 18.0 Å². The van der Waals surface area contributed by atoms with Gasteiger partial charge in [0.15, 0.2) is 0 Å². The molecular formula is C18H29NO2. The summed E-state index contributed by atoms with van der Waals surface area (Å²) >= 11 is 0. The zero-order valence-corrected chi connectivity index (χ0v) is 14.0. The van der Waals surface area contributed by atoms with Crippen LogP contribution in [-0.4, -0.2) is 20.8 Å². The fourth-order valence-electron chi connectivity index (χ4n) is 3.69. The molecule has 1 fully saturated rings. The van der Waals surface area contributed by atoms with Gasteiger partial charge < -0.3 is 14.8 Å². The second-order valence-electron chi connectivity index (χ2n) is 6.67. The van der Waals surface area contributed by atoms with Gasteiger partial charge >= 0.3 is 0 Å². The molecule has 2 atom stereocenters. The van der Waals surface area contributed by atoms with E-state index in [1.54, 1.807) is 14.2 Å². The number of methoxy groups -OCH3 is 2. The summed E-state index contributed by atoms with van der Waals surface area (Å²) < 4.78 is 10.9. The third kappa shape index (κ3) is 3.52. The van der Waals surface area contributed by atoms with Crippen LogP contribution in [0.25, 0.3) is 0 Å². The average molecular weight is 291 g/mol. The zero-order valence-electron chi connectivity index (χ0n) is 14.0. The Kier molecular flexibility index (Phi) is 5.15. The topological polar surface area (TPSA) is 30.5 Å². The first-order valence-corrected chi connectivity index (χ1v) is 7.98. The van der Waals surface area contributed by atoms with Crippen LogP contribution < -0.4 is 14.8 Å². The zero-order chi connectivity index (χ0) is 15.5. The SMILES string of the molecule is CCNC(c1cc(OC)cc(OC)c1)C1CCCC1(C)C. The molecule has 0 heterocycles. The Morgan fingerprint density at radius 3 is 2.24 bits per heavy atom. The average Bonchev–Trinajstić information content (AvgIpc) is 2.83. The van der Waals surface area contributed by atoms with E-state index >= 15 is 0 Å². The van der Waals surface area contributed by atoms with Crippen LogP contribution in [-0.2, 0) is 0 Å². The lowest BCUT2D eigenvalue weighted by Gasteiger charge is -2.35. The van der Waals surface area contributed by atoms with Crippen molar-refractivity contribution in [3.8, 4) is 11.5 Å². The third-order valence-corrected chi connectivity index (χ3v) is 4.90. The van der Waals surface area contributed by atoms with Crippen molar-refractivity contribution in [1.29, 1.82) is 0 Å². The van der Waals surface area contributed by atoms with Gasteiger partial charge in [-0.3, -0.25) is 0 Å². The highest BCUT2D eigenvalue weighted by Crippen LogP contribution is 2.49. The number of benzene rings is 1. The standard InChI is InChI=1S/C18H29NO2/c1-6-19-17(16-8-7-9-18(16,2)3)13-10-14(20-4)12-15(11-13)21-5/h10-12,16-17,19H,6-9H2,1-5H3. The normalized spacial score (nSPS) is 22.0. The van der Waals surface area contributed by atoms with Gasteiger partial charge in [-0.25, -0.2) is 0 Å². The summed E-state index contributed by atoms with van der Waals surface area (Å²) in [4.78, 5) is 0. The molecule has 0 bridgehead atoms. The molecule has 0 saturated heterocycles. The molecule has 1 aromatic rings. The van der Waals surface area contributed by atoms with Gasteiger partial charge in [-0.15, -0.1) is 0 Å². The molecule has 0 aliphatic heterocycles. The minimum absolute atomic E-state index is 0.358. The van der Waals surface area contributed by atoms with Gasteiger partial charge in [0.05, 0.1) is 14.2 Å². The number of hydrogen-bond acceptors (Lipinski definition) is 3. The fourth-order valence-corrected chi connectivity index (χ4v) is 3.69. The molecule has 118 valence electrons. The molecule has 2 rings (SSSR count). The molecule has 1 aliphatic rings. The van der Waals surface area contributed by atoms with E-state index in [0.29, 0.717) is 17.4 Å². The van der Waals surface area contributed by atoms with Crippen LogP contribution in [0.4, 0.5) is 0 Å². The Bertz CT molecular complexity index is 448. The first-order chi connectivity index (χ1) is 10.0. The molecule has 1 N–H and O–H groups in total. The number of rotatable bonds is 6. The maximum absolute atomic E-state index is 5.43. The van der Waals surface area contributed by atoms with Crippen molar-refractivity contribution in [3.05, 3.63) is 23.8 Å². The predicted octanol–water partition coefficient (Wildman–Crippen LogP) is 4.18. The van der Waals surface area contributed by atoms with Crippen molar-refractivity contribution in [2.24, 2.45) is 11.3 Å². The van der Waals surface area contributed by atoms with E-state index < -0.39 is 0 Å².